The fourth-order valence-corrected chi connectivity index (χ4v) is 5.04. The van der Waals surface area contributed by atoms with E-state index in [1.165, 1.54) is 22.7 Å². The zero-order chi connectivity index (χ0) is 22.9. The van der Waals surface area contributed by atoms with Crippen LogP contribution in [0.15, 0.2) is 5.38 Å². The number of likely N-dealkylation sites (tertiary alicyclic amines) is 1. The molecule has 2 amide bonds. The van der Waals surface area contributed by atoms with E-state index < -0.39 is 0 Å². The number of hydrogen-bond acceptors (Lipinski definition) is 9. The number of methoxy groups -OCH3 is 1. The van der Waals surface area contributed by atoms with Crippen LogP contribution in [-0.2, 0) is 19.0 Å². The van der Waals surface area contributed by atoms with Gasteiger partial charge in [0.2, 0.25) is 5.91 Å². The van der Waals surface area contributed by atoms with Gasteiger partial charge in [-0.2, -0.15) is 0 Å². The number of nitrogens with zero attached hydrogens (tertiary/aromatic N) is 3. The number of piperidine rings is 1. The van der Waals surface area contributed by atoms with Crippen LogP contribution in [0.3, 0.4) is 0 Å². The Balaban J connectivity index is 1.39. The summed E-state index contributed by atoms with van der Waals surface area (Å²) in [5.74, 6) is 0.0100. The predicted octanol–water partition coefficient (Wildman–Crippen LogP) is 2.85. The highest BCUT2D eigenvalue weighted by molar-refractivity contribution is 7.15. The Morgan fingerprint density at radius 1 is 1.12 bits per heavy atom. The number of ether oxygens (including phenoxy) is 3. The number of hydrogen-bond donors (Lipinski definition) is 1. The third-order valence-electron chi connectivity index (χ3n) is 5.23. The maximum absolute atomic E-state index is 12.5. The van der Waals surface area contributed by atoms with Gasteiger partial charge in [-0.1, -0.05) is 0 Å². The number of carbonyl (C=O) groups excluding carboxylic acids is 2. The molecule has 176 valence electrons. The number of aromatic nitrogens is 2. The molecule has 0 radical (unpaired) electrons. The third kappa shape index (κ3) is 7.04. The minimum absolute atomic E-state index is 0.00594. The van der Waals surface area contributed by atoms with E-state index in [0.717, 1.165) is 28.4 Å². The molecule has 3 rings (SSSR count). The van der Waals surface area contributed by atoms with E-state index in [1.807, 2.05) is 18.7 Å². The summed E-state index contributed by atoms with van der Waals surface area (Å²) in [6.45, 7) is 7.18. The van der Waals surface area contributed by atoms with Gasteiger partial charge in [0.05, 0.1) is 37.1 Å². The Bertz CT molecular complexity index is 873. The van der Waals surface area contributed by atoms with Crippen molar-refractivity contribution in [1.29, 1.82) is 0 Å². The summed E-state index contributed by atoms with van der Waals surface area (Å²) in [5.41, 5.74) is 1.33. The van der Waals surface area contributed by atoms with Crippen LogP contribution in [0, 0.1) is 13.8 Å². The molecule has 1 aliphatic heterocycles. The largest absolute Gasteiger partial charge is 0.382 e. The molecule has 0 aliphatic carbocycles. The number of nitrogens with one attached hydrogen (secondary N) is 1. The first-order valence-electron chi connectivity index (χ1n) is 10.6. The molecule has 0 unspecified atom stereocenters. The van der Waals surface area contributed by atoms with E-state index in [0.29, 0.717) is 50.3 Å². The number of rotatable bonds is 11. The second-order valence-electron chi connectivity index (χ2n) is 7.50. The molecule has 1 fully saturated rings. The Morgan fingerprint density at radius 3 is 2.53 bits per heavy atom. The lowest BCUT2D eigenvalue weighted by Gasteiger charge is -2.31. The summed E-state index contributed by atoms with van der Waals surface area (Å²) in [4.78, 5) is 36.6. The average Bonchev–Trinajstić information content (AvgIpc) is 3.40. The molecule has 3 heterocycles. The summed E-state index contributed by atoms with van der Waals surface area (Å²) in [7, 11) is 1.62. The molecular formula is C21H30N4O5S2. The quantitative estimate of drug-likeness (QED) is 0.491. The lowest BCUT2D eigenvalue weighted by molar-refractivity contribution is -0.137. The van der Waals surface area contributed by atoms with Gasteiger partial charge in [-0.05, 0) is 26.7 Å². The second-order valence-corrected chi connectivity index (χ2v) is 9.59. The summed E-state index contributed by atoms with van der Waals surface area (Å²) < 4.78 is 15.6. The first-order valence-corrected chi connectivity index (χ1v) is 12.3. The number of thiazole rings is 2. The van der Waals surface area contributed by atoms with Gasteiger partial charge in [0.25, 0.3) is 5.91 Å². The molecule has 1 saturated heterocycles. The molecule has 0 saturated carbocycles. The van der Waals surface area contributed by atoms with Gasteiger partial charge in [-0.15, -0.1) is 22.7 Å². The van der Waals surface area contributed by atoms with Crippen LogP contribution in [0.4, 0.5) is 5.13 Å². The van der Waals surface area contributed by atoms with Crippen LogP contribution < -0.4 is 5.32 Å². The molecular weight excluding hydrogens is 452 g/mol. The molecule has 32 heavy (non-hydrogen) atoms. The van der Waals surface area contributed by atoms with Gasteiger partial charge in [0, 0.05) is 36.4 Å². The lowest BCUT2D eigenvalue weighted by atomic mass is 9.97. The first-order chi connectivity index (χ1) is 15.5. The van der Waals surface area contributed by atoms with Crippen molar-refractivity contribution in [2.24, 2.45) is 0 Å². The molecule has 9 nitrogen and oxygen atoms in total. The third-order valence-corrected chi connectivity index (χ3v) is 7.23. The maximum atomic E-state index is 12.5. The Hall–Kier alpha value is -1.92. The van der Waals surface area contributed by atoms with Crippen LogP contribution in [0.25, 0.3) is 0 Å². The number of anilines is 1. The van der Waals surface area contributed by atoms with E-state index in [9.17, 15) is 9.59 Å². The highest BCUT2D eigenvalue weighted by Gasteiger charge is 2.26. The monoisotopic (exact) mass is 482 g/mol. The van der Waals surface area contributed by atoms with Crippen molar-refractivity contribution < 1.29 is 23.8 Å². The van der Waals surface area contributed by atoms with Gasteiger partial charge in [0.1, 0.15) is 12.3 Å². The fourth-order valence-electron chi connectivity index (χ4n) is 3.26. The normalized spacial score (nSPS) is 14.7. The first kappa shape index (κ1) is 24.7. The van der Waals surface area contributed by atoms with E-state index in [-0.39, 0.29) is 24.3 Å². The fraction of sp³-hybridized carbons (Fsp3) is 0.619. The SMILES string of the molecule is COCCOCCOCC(=O)N1CCC(c2nc(C(=O)Nc3nc(C)c(C)s3)cs2)CC1. The molecule has 0 aromatic carbocycles. The molecule has 2 aromatic heterocycles. The van der Waals surface area contributed by atoms with E-state index >= 15 is 0 Å². The second kappa shape index (κ2) is 12.4. The molecule has 0 spiro atoms. The van der Waals surface area contributed by atoms with Crippen molar-refractivity contribution in [3.8, 4) is 0 Å². The topological polar surface area (TPSA) is 103 Å². The predicted molar refractivity (Wildman–Crippen MR) is 124 cm³/mol. The maximum Gasteiger partial charge on any atom is 0.276 e. The van der Waals surface area contributed by atoms with Gasteiger partial charge in [-0.3, -0.25) is 14.9 Å². The molecule has 11 heteroatoms. The number of aryl methyl sites for hydroxylation is 2. The van der Waals surface area contributed by atoms with Crippen molar-refractivity contribution in [2.75, 3.05) is 58.6 Å². The van der Waals surface area contributed by atoms with Gasteiger partial charge >= 0.3 is 0 Å². The van der Waals surface area contributed by atoms with Crippen LogP contribution in [-0.4, -0.2) is 79.9 Å². The number of carbonyl (C=O) groups is 2. The Kier molecular flexibility index (Phi) is 9.54. The zero-order valence-corrected chi connectivity index (χ0v) is 20.4. The molecule has 2 aromatic rings. The smallest absolute Gasteiger partial charge is 0.276 e. The van der Waals surface area contributed by atoms with E-state index in [1.54, 1.807) is 12.5 Å². The van der Waals surface area contributed by atoms with Crippen LogP contribution >= 0.6 is 22.7 Å². The summed E-state index contributed by atoms with van der Waals surface area (Å²) in [5, 5.41) is 6.15. The van der Waals surface area contributed by atoms with Gasteiger partial charge in [0.15, 0.2) is 5.13 Å². The standard InChI is InChI=1S/C21H30N4O5S2/c1-14-15(2)32-21(22-14)24-19(27)17-13-31-20(23-17)16-4-6-25(7-5-16)18(26)12-30-11-10-29-9-8-28-3/h13,16H,4-12H2,1-3H3,(H,22,24,27). The van der Waals surface area contributed by atoms with Crippen molar-refractivity contribution in [3.63, 3.8) is 0 Å². The van der Waals surface area contributed by atoms with Crippen LogP contribution in [0.1, 0.15) is 44.8 Å². The van der Waals surface area contributed by atoms with Crippen LogP contribution in [0.5, 0.6) is 0 Å². The molecule has 0 atom stereocenters. The van der Waals surface area contributed by atoms with Gasteiger partial charge < -0.3 is 19.1 Å². The van der Waals surface area contributed by atoms with Crippen LogP contribution in [0.2, 0.25) is 0 Å². The number of amides is 2. The zero-order valence-electron chi connectivity index (χ0n) is 18.7. The highest BCUT2D eigenvalue weighted by atomic mass is 32.1. The van der Waals surface area contributed by atoms with Crippen molar-refractivity contribution in [2.45, 2.75) is 32.6 Å². The molecule has 1 aliphatic rings. The minimum Gasteiger partial charge on any atom is -0.382 e. The highest BCUT2D eigenvalue weighted by Crippen LogP contribution is 2.31. The van der Waals surface area contributed by atoms with Crippen molar-refractivity contribution in [1.82, 2.24) is 14.9 Å². The Labute approximate surface area is 196 Å². The summed E-state index contributed by atoms with van der Waals surface area (Å²) in [6, 6.07) is 0. The van der Waals surface area contributed by atoms with E-state index in [2.05, 4.69) is 15.3 Å². The van der Waals surface area contributed by atoms with Crippen molar-refractivity contribution in [3.05, 3.63) is 26.7 Å². The molecule has 1 N–H and O–H groups in total. The average molecular weight is 483 g/mol. The minimum atomic E-state index is -0.239. The Morgan fingerprint density at radius 2 is 1.84 bits per heavy atom. The van der Waals surface area contributed by atoms with E-state index in [4.69, 9.17) is 14.2 Å². The summed E-state index contributed by atoms with van der Waals surface area (Å²) >= 11 is 2.96. The van der Waals surface area contributed by atoms with Crippen molar-refractivity contribution >= 4 is 39.6 Å². The lowest BCUT2D eigenvalue weighted by Crippen LogP contribution is -2.40. The summed E-state index contributed by atoms with van der Waals surface area (Å²) in [6.07, 6.45) is 1.65. The molecule has 0 bridgehead atoms. The van der Waals surface area contributed by atoms with Gasteiger partial charge in [-0.25, -0.2) is 9.97 Å².